The molecule has 1 aromatic heterocycles. The molecule has 0 N–H and O–H groups in total. The Morgan fingerprint density at radius 3 is 2.33 bits per heavy atom. The van der Waals surface area contributed by atoms with Gasteiger partial charge in [-0.25, -0.2) is 0 Å². The zero-order valence-electron chi connectivity index (χ0n) is 12.6. The predicted molar refractivity (Wildman–Crippen MR) is 94.8 cm³/mol. The number of nitrogens with zero attached hydrogens (tertiary/aromatic N) is 1. The molecule has 3 rings (SSSR count). The minimum Gasteiger partial charge on any atom is -0.310 e. The molecule has 21 heavy (non-hydrogen) atoms. The van der Waals surface area contributed by atoms with Crippen LogP contribution in [0.2, 0.25) is 0 Å². The van der Waals surface area contributed by atoms with E-state index in [1.54, 1.807) is 0 Å². The molecule has 2 heteroatoms. The molecular weight excluding hydrogens is 274 g/mol. The lowest BCUT2D eigenvalue weighted by Crippen LogP contribution is -2.27. The second-order valence-electron chi connectivity index (χ2n) is 5.20. The van der Waals surface area contributed by atoms with Gasteiger partial charge in [-0.05, 0) is 50.6 Å². The van der Waals surface area contributed by atoms with E-state index in [0.29, 0.717) is 0 Å². The van der Waals surface area contributed by atoms with Crippen LogP contribution in [0.15, 0.2) is 47.4 Å². The normalized spacial score (nSPS) is 13.3. The van der Waals surface area contributed by atoms with Gasteiger partial charge in [0.05, 0.1) is 5.52 Å². The molecule has 1 nitrogen and oxygen atoms in total. The second-order valence-corrected chi connectivity index (χ2v) is 5.68. The van der Waals surface area contributed by atoms with Crippen molar-refractivity contribution in [1.29, 1.82) is 0 Å². The molecule has 3 aromatic rings. The average molecular weight is 293 g/mol. The minimum absolute atomic E-state index is 1.03. The molecule has 0 aliphatic heterocycles. The summed E-state index contributed by atoms with van der Waals surface area (Å²) in [5.74, 6) is 0. The smallest absolute Gasteiger partial charge is 0.0552 e. The molecule has 0 atom stereocenters. The maximum Gasteiger partial charge on any atom is 0.0552 e. The third-order valence-electron chi connectivity index (χ3n) is 3.94. The molecule has 0 aliphatic carbocycles. The molecule has 1 heterocycles. The van der Waals surface area contributed by atoms with Crippen LogP contribution in [0.3, 0.4) is 0 Å². The summed E-state index contributed by atoms with van der Waals surface area (Å²) in [6.07, 6.45) is 4.37. The zero-order valence-corrected chi connectivity index (χ0v) is 13.5. The van der Waals surface area contributed by atoms with E-state index in [1.165, 1.54) is 32.7 Å². The molecule has 0 amide bonds. The molecule has 0 unspecified atom stereocenters. The van der Waals surface area contributed by atoms with Gasteiger partial charge in [0.1, 0.15) is 0 Å². The van der Waals surface area contributed by atoms with Crippen molar-refractivity contribution in [3.05, 3.63) is 58.6 Å². The Bertz CT molecular complexity index is 918. The number of benzene rings is 2. The van der Waals surface area contributed by atoms with Crippen molar-refractivity contribution in [2.75, 3.05) is 0 Å². The summed E-state index contributed by atoms with van der Waals surface area (Å²) < 4.78 is 2.31. The van der Waals surface area contributed by atoms with Crippen molar-refractivity contribution >= 4 is 35.7 Å². The monoisotopic (exact) mass is 293 g/mol. The van der Waals surface area contributed by atoms with Gasteiger partial charge in [-0.2, -0.15) is 0 Å². The van der Waals surface area contributed by atoms with Crippen molar-refractivity contribution in [2.24, 2.45) is 0 Å². The number of aromatic nitrogens is 1. The lowest BCUT2D eigenvalue weighted by atomic mass is 10.1. The molecule has 0 radical (unpaired) electrons. The fraction of sp³-hybridized carbons (Fsp3) is 0.158. The Labute approximate surface area is 130 Å². The van der Waals surface area contributed by atoms with Crippen LogP contribution in [-0.4, -0.2) is 4.57 Å². The molecule has 0 saturated heterocycles. The van der Waals surface area contributed by atoms with E-state index in [2.05, 4.69) is 86.5 Å². The van der Waals surface area contributed by atoms with Crippen LogP contribution in [0.25, 0.3) is 28.7 Å². The van der Waals surface area contributed by atoms with E-state index in [4.69, 9.17) is 0 Å². The van der Waals surface area contributed by atoms with Gasteiger partial charge < -0.3 is 4.57 Å². The first kappa shape index (κ1) is 14.0. The van der Waals surface area contributed by atoms with Gasteiger partial charge in [-0.15, -0.1) is 12.6 Å². The predicted octanol–water partition coefficient (Wildman–Crippen LogP) is 3.83. The summed E-state index contributed by atoms with van der Waals surface area (Å²) in [6.45, 7) is 6.30. The van der Waals surface area contributed by atoms with Crippen LogP contribution in [0, 0.1) is 6.92 Å². The molecule has 0 spiro atoms. The lowest BCUT2D eigenvalue weighted by Gasteiger charge is -2.07. The van der Waals surface area contributed by atoms with Gasteiger partial charge in [0.25, 0.3) is 0 Å². The molecule has 2 aromatic carbocycles. The SMILES string of the molecule is C/C=c1\c(=C/C)n(-c2ccccc2)c2cc(S)c(C)cc12. The van der Waals surface area contributed by atoms with Gasteiger partial charge in [0.15, 0.2) is 0 Å². The maximum atomic E-state index is 4.60. The van der Waals surface area contributed by atoms with Gasteiger partial charge in [0.2, 0.25) is 0 Å². The van der Waals surface area contributed by atoms with Crippen molar-refractivity contribution < 1.29 is 0 Å². The molecule has 0 aliphatic rings. The summed E-state index contributed by atoms with van der Waals surface area (Å²) in [4.78, 5) is 1.03. The Hall–Kier alpha value is -1.93. The quantitative estimate of drug-likeness (QED) is 0.651. The Kier molecular flexibility index (Phi) is 3.64. The summed E-state index contributed by atoms with van der Waals surface area (Å²) in [6, 6.07) is 14.9. The summed E-state index contributed by atoms with van der Waals surface area (Å²) in [5, 5.41) is 3.80. The van der Waals surface area contributed by atoms with E-state index < -0.39 is 0 Å². The van der Waals surface area contributed by atoms with Crippen LogP contribution in [0.5, 0.6) is 0 Å². The standard InChI is InChI=1S/C19H19NS/c1-4-15-16-11-13(3)19(21)12-18(16)20(17(15)5-2)14-9-7-6-8-10-14/h4-12,21H,1-3H3/b15-4-,17-5+. The van der Waals surface area contributed by atoms with E-state index in [0.717, 1.165) is 4.90 Å². The molecule has 0 fully saturated rings. The van der Waals surface area contributed by atoms with Crippen molar-refractivity contribution in [3.8, 4) is 5.69 Å². The van der Waals surface area contributed by atoms with Crippen LogP contribution in [0.4, 0.5) is 0 Å². The lowest BCUT2D eigenvalue weighted by molar-refractivity contribution is 1.06. The molecule has 0 saturated carbocycles. The van der Waals surface area contributed by atoms with Crippen LogP contribution < -0.4 is 10.6 Å². The fourth-order valence-corrected chi connectivity index (χ4v) is 3.10. The van der Waals surface area contributed by atoms with Crippen molar-refractivity contribution in [3.63, 3.8) is 0 Å². The number of thiol groups is 1. The van der Waals surface area contributed by atoms with E-state index in [9.17, 15) is 0 Å². The Morgan fingerprint density at radius 2 is 1.71 bits per heavy atom. The highest BCUT2D eigenvalue weighted by atomic mass is 32.1. The second kappa shape index (κ2) is 5.45. The highest BCUT2D eigenvalue weighted by Crippen LogP contribution is 2.22. The highest BCUT2D eigenvalue weighted by molar-refractivity contribution is 7.80. The Balaban J connectivity index is 2.58. The number of fused-ring (bicyclic) bond motifs is 1. The summed E-state index contributed by atoms with van der Waals surface area (Å²) >= 11 is 4.60. The topological polar surface area (TPSA) is 4.93 Å². The zero-order chi connectivity index (χ0) is 15.0. The number of hydrogen-bond donors (Lipinski definition) is 1. The maximum absolute atomic E-state index is 4.60. The van der Waals surface area contributed by atoms with Crippen LogP contribution in [-0.2, 0) is 0 Å². The summed E-state index contributed by atoms with van der Waals surface area (Å²) in [7, 11) is 0. The molecular formula is C19H19NS. The van der Waals surface area contributed by atoms with Gasteiger partial charge in [-0.3, -0.25) is 0 Å². The van der Waals surface area contributed by atoms with E-state index in [1.807, 2.05) is 6.07 Å². The number of hydrogen-bond acceptors (Lipinski definition) is 1. The van der Waals surface area contributed by atoms with Crippen LogP contribution in [0.1, 0.15) is 19.4 Å². The van der Waals surface area contributed by atoms with Gasteiger partial charge in [0, 0.05) is 26.5 Å². The Morgan fingerprint density at radius 1 is 1.00 bits per heavy atom. The largest absolute Gasteiger partial charge is 0.310 e. The fourth-order valence-electron chi connectivity index (χ4n) is 2.92. The molecule has 106 valence electrons. The molecule has 0 bridgehead atoms. The minimum atomic E-state index is 1.03. The first-order valence-corrected chi connectivity index (χ1v) is 7.64. The van der Waals surface area contributed by atoms with Gasteiger partial charge >= 0.3 is 0 Å². The number of aryl methyl sites for hydroxylation is 1. The average Bonchev–Trinajstić information content (AvgIpc) is 2.81. The van der Waals surface area contributed by atoms with Crippen molar-refractivity contribution in [2.45, 2.75) is 25.7 Å². The van der Waals surface area contributed by atoms with E-state index >= 15 is 0 Å². The highest BCUT2D eigenvalue weighted by Gasteiger charge is 2.10. The van der Waals surface area contributed by atoms with Gasteiger partial charge in [-0.1, -0.05) is 30.4 Å². The van der Waals surface area contributed by atoms with E-state index in [-0.39, 0.29) is 0 Å². The number of para-hydroxylation sites is 1. The third-order valence-corrected chi connectivity index (χ3v) is 4.42. The first-order chi connectivity index (χ1) is 10.2. The third kappa shape index (κ3) is 2.20. The first-order valence-electron chi connectivity index (χ1n) is 7.19. The van der Waals surface area contributed by atoms with Crippen LogP contribution >= 0.6 is 12.6 Å². The number of rotatable bonds is 1. The summed E-state index contributed by atoms with van der Waals surface area (Å²) in [5.41, 5.74) is 3.60. The van der Waals surface area contributed by atoms with Crippen molar-refractivity contribution in [1.82, 2.24) is 4.57 Å².